The molecule has 1 fully saturated rings. The predicted octanol–water partition coefficient (Wildman–Crippen LogP) is 0.143. The van der Waals surface area contributed by atoms with E-state index in [-0.39, 0.29) is 30.9 Å². The standard InChI is InChI=1S/C15H29N3O3/c1-10(2)13(16)14(21)17-8-12(20)18-15(9-19)6-4-11(3)5-7-15/h10-11,13,19H,4-9,16H2,1-3H3,(H,17,21)(H,18,20)/t11?,13-,15?/m0/s1. The first-order valence-electron chi connectivity index (χ1n) is 7.75. The van der Waals surface area contributed by atoms with Gasteiger partial charge in [-0.3, -0.25) is 9.59 Å². The Morgan fingerprint density at radius 1 is 1.33 bits per heavy atom. The van der Waals surface area contributed by atoms with Crippen LogP contribution in [0.25, 0.3) is 0 Å². The minimum absolute atomic E-state index is 0.0247. The van der Waals surface area contributed by atoms with Crippen LogP contribution in [0.5, 0.6) is 0 Å². The third kappa shape index (κ3) is 5.28. The Hall–Kier alpha value is -1.14. The summed E-state index contributed by atoms with van der Waals surface area (Å²) in [5.74, 6) is 0.0559. The maximum atomic E-state index is 12.0. The molecule has 0 aromatic rings. The molecule has 1 atom stereocenters. The van der Waals surface area contributed by atoms with E-state index in [1.54, 1.807) is 0 Å². The summed E-state index contributed by atoms with van der Waals surface area (Å²) >= 11 is 0. The van der Waals surface area contributed by atoms with Crippen LogP contribution in [-0.4, -0.2) is 41.7 Å². The van der Waals surface area contributed by atoms with Gasteiger partial charge in [0.25, 0.3) is 0 Å². The van der Waals surface area contributed by atoms with Crippen LogP contribution < -0.4 is 16.4 Å². The zero-order valence-corrected chi connectivity index (χ0v) is 13.3. The van der Waals surface area contributed by atoms with Gasteiger partial charge in [0.15, 0.2) is 0 Å². The fraction of sp³-hybridized carbons (Fsp3) is 0.867. The van der Waals surface area contributed by atoms with Crippen LogP contribution in [0, 0.1) is 11.8 Å². The predicted molar refractivity (Wildman–Crippen MR) is 81.4 cm³/mol. The largest absolute Gasteiger partial charge is 0.394 e. The molecule has 2 amide bonds. The molecule has 1 rings (SSSR count). The molecule has 21 heavy (non-hydrogen) atoms. The number of nitrogens with two attached hydrogens (primary N) is 1. The van der Waals surface area contributed by atoms with E-state index < -0.39 is 11.6 Å². The average molecular weight is 299 g/mol. The number of carbonyl (C=O) groups excluding carboxylic acids is 2. The molecule has 0 heterocycles. The number of rotatable bonds is 6. The van der Waals surface area contributed by atoms with E-state index >= 15 is 0 Å². The Morgan fingerprint density at radius 3 is 2.38 bits per heavy atom. The highest BCUT2D eigenvalue weighted by Gasteiger charge is 2.35. The van der Waals surface area contributed by atoms with E-state index in [0.29, 0.717) is 5.92 Å². The van der Waals surface area contributed by atoms with Gasteiger partial charge in [0.2, 0.25) is 11.8 Å². The Balaban J connectivity index is 2.43. The monoisotopic (exact) mass is 299 g/mol. The molecule has 0 aliphatic heterocycles. The molecule has 0 spiro atoms. The van der Waals surface area contributed by atoms with Crippen molar-refractivity contribution >= 4 is 11.8 Å². The molecular formula is C15H29N3O3. The van der Waals surface area contributed by atoms with Gasteiger partial charge in [0.1, 0.15) is 0 Å². The highest BCUT2D eigenvalue weighted by atomic mass is 16.3. The van der Waals surface area contributed by atoms with Crippen LogP contribution >= 0.6 is 0 Å². The number of hydrogen-bond donors (Lipinski definition) is 4. The normalized spacial score (nSPS) is 27.2. The van der Waals surface area contributed by atoms with Crippen molar-refractivity contribution < 1.29 is 14.7 Å². The Kier molecular flexibility index (Phi) is 6.61. The SMILES string of the molecule is CC1CCC(CO)(NC(=O)CNC(=O)[C@@H](N)C(C)C)CC1. The highest BCUT2D eigenvalue weighted by Crippen LogP contribution is 2.31. The minimum Gasteiger partial charge on any atom is -0.394 e. The number of carbonyl (C=O) groups is 2. The molecule has 1 aliphatic carbocycles. The Labute approximate surface area is 126 Å². The van der Waals surface area contributed by atoms with Crippen molar-refractivity contribution in [2.45, 2.75) is 58.0 Å². The van der Waals surface area contributed by atoms with Gasteiger partial charge in [-0.2, -0.15) is 0 Å². The summed E-state index contributed by atoms with van der Waals surface area (Å²) in [7, 11) is 0. The second kappa shape index (κ2) is 7.75. The topological polar surface area (TPSA) is 104 Å². The van der Waals surface area contributed by atoms with Crippen molar-refractivity contribution in [2.75, 3.05) is 13.2 Å². The van der Waals surface area contributed by atoms with E-state index in [9.17, 15) is 14.7 Å². The van der Waals surface area contributed by atoms with Gasteiger partial charge < -0.3 is 21.5 Å². The first kappa shape index (κ1) is 17.9. The molecule has 0 aromatic carbocycles. The number of amides is 2. The summed E-state index contributed by atoms with van der Waals surface area (Å²) in [6.07, 6.45) is 3.53. The summed E-state index contributed by atoms with van der Waals surface area (Å²) in [6.45, 7) is 5.72. The number of nitrogens with one attached hydrogen (secondary N) is 2. The fourth-order valence-corrected chi connectivity index (χ4v) is 2.57. The molecule has 0 bridgehead atoms. The second-order valence-electron chi connectivity index (χ2n) is 6.66. The van der Waals surface area contributed by atoms with Crippen LogP contribution in [0.2, 0.25) is 0 Å². The van der Waals surface area contributed by atoms with Crippen LogP contribution in [0.3, 0.4) is 0 Å². The molecule has 6 nitrogen and oxygen atoms in total. The number of aliphatic hydroxyl groups excluding tert-OH is 1. The third-order valence-electron chi connectivity index (χ3n) is 4.38. The molecule has 1 aliphatic rings. The summed E-state index contributed by atoms with van der Waals surface area (Å²) in [4.78, 5) is 23.7. The van der Waals surface area contributed by atoms with Crippen molar-refractivity contribution in [2.24, 2.45) is 17.6 Å². The van der Waals surface area contributed by atoms with Crippen molar-refractivity contribution in [1.82, 2.24) is 10.6 Å². The molecular weight excluding hydrogens is 270 g/mol. The van der Waals surface area contributed by atoms with Gasteiger partial charge in [0.05, 0.1) is 24.7 Å². The quantitative estimate of drug-likeness (QED) is 0.560. The lowest BCUT2D eigenvalue weighted by Gasteiger charge is -2.38. The van der Waals surface area contributed by atoms with Crippen LogP contribution in [-0.2, 0) is 9.59 Å². The van der Waals surface area contributed by atoms with Gasteiger partial charge in [0, 0.05) is 0 Å². The smallest absolute Gasteiger partial charge is 0.239 e. The lowest BCUT2D eigenvalue weighted by molar-refractivity contribution is -0.128. The first-order valence-corrected chi connectivity index (χ1v) is 7.75. The summed E-state index contributed by atoms with van der Waals surface area (Å²) in [5.41, 5.74) is 5.18. The Bertz CT molecular complexity index is 363. The van der Waals surface area contributed by atoms with Gasteiger partial charge >= 0.3 is 0 Å². The van der Waals surface area contributed by atoms with E-state index in [0.717, 1.165) is 25.7 Å². The van der Waals surface area contributed by atoms with E-state index in [4.69, 9.17) is 5.73 Å². The van der Waals surface area contributed by atoms with Gasteiger partial charge in [-0.05, 0) is 37.5 Å². The maximum Gasteiger partial charge on any atom is 0.239 e. The molecule has 5 N–H and O–H groups in total. The molecule has 122 valence electrons. The van der Waals surface area contributed by atoms with Crippen molar-refractivity contribution in [1.29, 1.82) is 0 Å². The molecule has 0 aromatic heterocycles. The molecule has 6 heteroatoms. The molecule has 0 saturated heterocycles. The van der Waals surface area contributed by atoms with Gasteiger partial charge in [-0.1, -0.05) is 20.8 Å². The van der Waals surface area contributed by atoms with E-state index in [2.05, 4.69) is 17.6 Å². The summed E-state index contributed by atoms with van der Waals surface area (Å²) in [5, 5.41) is 15.0. The Morgan fingerprint density at radius 2 is 1.90 bits per heavy atom. The zero-order valence-electron chi connectivity index (χ0n) is 13.3. The zero-order chi connectivity index (χ0) is 16.0. The maximum absolute atomic E-state index is 12.0. The first-order chi connectivity index (χ1) is 9.79. The van der Waals surface area contributed by atoms with Crippen LogP contribution in [0.15, 0.2) is 0 Å². The van der Waals surface area contributed by atoms with Crippen LogP contribution in [0.1, 0.15) is 46.5 Å². The number of hydrogen-bond acceptors (Lipinski definition) is 4. The summed E-state index contributed by atoms with van der Waals surface area (Å²) in [6, 6.07) is -0.611. The van der Waals surface area contributed by atoms with E-state index in [1.807, 2.05) is 13.8 Å². The number of aliphatic hydroxyl groups is 1. The van der Waals surface area contributed by atoms with Gasteiger partial charge in [-0.25, -0.2) is 0 Å². The van der Waals surface area contributed by atoms with Crippen molar-refractivity contribution in [3.63, 3.8) is 0 Å². The third-order valence-corrected chi connectivity index (χ3v) is 4.38. The lowest BCUT2D eigenvalue weighted by Crippen LogP contribution is -2.56. The fourth-order valence-electron chi connectivity index (χ4n) is 2.57. The van der Waals surface area contributed by atoms with Crippen LogP contribution in [0.4, 0.5) is 0 Å². The molecule has 0 radical (unpaired) electrons. The summed E-state index contributed by atoms with van der Waals surface area (Å²) < 4.78 is 0. The van der Waals surface area contributed by atoms with Crippen molar-refractivity contribution in [3.8, 4) is 0 Å². The highest BCUT2D eigenvalue weighted by molar-refractivity contribution is 5.87. The van der Waals surface area contributed by atoms with Gasteiger partial charge in [-0.15, -0.1) is 0 Å². The second-order valence-corrected chi connectivity index (χ2v) is 6.66. The average Bonchev–Trinajstić information content (AvgIpc) is 2.46. The molecule has 0 unspecified atom stereocenters. The molecule has 1 saturated carbocycles. The lowest BCUT2D eigenvalue weighted by atomic mass is 9.77. The van der Waals surface area contributed by atoms with E-state index in [1.165, 1.54) is 0 Å². The van der Waals surface area contributed by atoms with Crippen molar-refractivity contribution in [3.05, 3.63) is 0 Å². The minimum atomic E-state index is -0.611.